The second-order valence-corrected chi connectivity index (χ2v) is 7.70. The van der Waals surface area contributed by atoms with Gasteiger partial charge in [-0.05, 0) is 30.2 Å². The molecule has 1 spiro atoms. The molecule has 0 bridgehead atoms. The van der Waals surface area contributed by atoms with Crippen LogP contribution < -0.4 is 15.5 Å². The highest BCUT2D eigenvalue weighted by atomic mass is 16.2. The minimum absolute atomic E-state index is 0. The first kappa shape index (κ1) is 17.0. The number of nitrogens with zero attached hydrogens (tertiary/aromatic N) is 2. The van der Waals surface area contributed by atoms with Crippen molar-refractivity contribution in [3.05, 3.63) is 29.3 Å². The van der Waals surface area contributed by atoms with Crippen LogP contribution in [0.5, 0.6) is 0 Å². The Balaban J connectivity index is 0.00000168. The molecule has 1 unspecified atom stereocenters. The predicted octanol–water partition coefficient (Wildman–Crippen LogP) is 0.493. The molecule has 4 aliphatic heterocycles. The standard InChI is InChI=1S/C18H20N4O3.CH4/c23-15-4-3-14(16(24)20-15)22-6-11-5-12(1-2-13(11)17(22)25)21-9-18(10-21)7-19-8-18;/h1-2,5,14,19H,3-4,6-10H2,(H,20,23,24);1H4. The third kappa shape index (κ3) is 2.41. The largest absolute Gasteiger partial charge is 0.370 e. The van der Waals surface area contributed by atoms with Gasteiger partial charge in [-0.3, -0.25) is 19.7 Å². The van der Waals surface area contributed by atoms with E-state index in [1.807, 2.05) is 12.1 Å². The summed E-state index contributed by atoms with van der Waals surface area (Å²) in [7, 11) is 0. The smallest absolute Gasteiger partial charge is 0.255 e. The van der Waals surface area contributed by atoms with E-state index in [1.54, 1.807) is 4.90 Å². The summed E-state index contributed by atoms with van der Waals surface area (Å²) in [5, 5.41) is 5.67. The number of hydrogen-bond donors (Lipinski definition) is 2. The Kier molecular flexibility index (Phi) is 3.80. The summed E-state index contributed by atoms with van der Waals surface area (Å²) in [5.41, 5.74) is 3.25. The highest BCUT2D eigenvalue weighted by Gasteiger charge is 2.48. The molecule has 3 amide bonds. The fourth-order valence-electron chi connectivity index (χ4n) is 4.41. The van der Waals surface area contributed by atoms with E-state index in [0.29, 0.717) is 23.9 Å². The van der Waals surface area contributed by atoms with E-state index in [9.17, 15) is 14.4 Å². The molecule has 138 valence electrons. The molecular weight excluding hydrogens is 332 g/mol. The van der Waals surface area contributed by atoms with Crippen LogP contribution in [0.4, 0.5) is 5.69 Å². The van der Waals surface area contributed by atoms with Gasteiger partial charge >= 0.3 is 0 Å². The lowest BCUT2D eigenvalue weighted by Gasteiger charge is -2.57. The van der Waals surface area contributed by atoms with E-state index >= 15 is 0 Å². The number of fused-ring (bicyclic) bond motifs is 1. The van der Waals surface area contributed by atoms with Gasteiger partial charge in [0.05, 0.1) is 0 Å². The van der Waals surface area contributed by atoms with Crippen molar-refractivity contribution in [2.24, 2.45) is 5.41 Å². The van der Waals surface area contributed by atoms with Gasteiger partial charge in [-0.1, -0.05) is 7.43 Å². The van der Waals surface area contributed by atoms with Crippen molar-refractivity contribution in [2.45, 2.75) is 32.9 Å². The monoisotopic (exact) mass is 356 g/mol. The summed E-state index contributed by atoms with van der Waals surface area (Å²) < 4.78 is 0. The molecule has 3 saturated heterocycles. The minimum atomic E-state index is -0.547. The predicted molar refractivity (Wildman–Crippen MR) is 96.7 cm³/mol. The van der Waals surface area contributed by atoms with Crippen LogP contribution in [0.15, 0.2) is 18.2 Å². The molecule has 0 aromatic heterocycles. The molecule has 1 aromatic rings. The molecule has 0 saturated carbocycles. The lowest BCUT2D eigenvalue weighted by molar-refractivity contribution is -0.136. The van der Waals surface area contributed by atoms with Crippen molar-refractivity contribution < 1.29 is 14.4 Å². The molecule has 1 atom stereocenters. The molecule has 1 aromatic carbocycles. The lowest BCUT2D eigenvalue weighted by atomic mass is 9.74. The Hall–Kier alpha value is -2.41. The number of anilines is 1. The van der Waals surface area contributed by atoms with Gasteiger partial charge in [0.1, 0.15) is 6.04 Å². The summed E-state index contributed by atoms with van der Waals surface area (Å²) in [6.07, 6.45) is 0.685. The number of rotatable bonds is 2. The zero-order valence-electron chi connectivity index (χ0n) is 13.9. The topological polar surface area (TPSA) is 81.8 Å². The third-order valence-corrected chi connectivity index (χ3v) is 5.92. The van der Waals surface area contributed by atoms with E-state index < -0.39 is 6.04 Å². The van der Waals surface area contributed by atoms with Crippen LogP contribution in [0.2, 0.25) is 0 Å². The van der Waals surface area contributed by atoms with Gasteiger partial charge in [-0.25, -0.2) is 0 Å². The maximum Gasteiger partial charge on any atom is 0.255 e. The van der Waals surface area contributed by atoms with Crippen molar-refractivity contribution in [1.82, 2.24) is 15.5 Å². The molecule has 0 aliphatic carbocycles. The zero-order valence-corrected chi connectivity index (χ0v) is 13.9. The minimum Gasteiger partial charge on any atom is -0.370 e. The van der Waals surface area contributed by atoms with E-state index in [0.717, 1.165) is 37.4 Å². The van der Waals surface area contributed by atoms with Crippen molar-refractivity contribution in [2.75, 3.05) is 31.1 Å². The van der Waals surface area contributed by atoms with Gasteiger partial charge in [0.25, 0.3) is 5.91 Å². The molecular formula is C19H24N4O3. The molecule has 4 heterocycles. The van der Waals surface area contributed by atoms with Gasteiger partial charge in [0, 0.05) is 55.8 Å². The number of amides is 3. The normalized spacial score (nSPS) is 26.0. The quantitative estimate of drug-likeness (QED) is 0.754. The molecule has 26 heavy (non-hydrogen) atoms. The molecule has 7 nitrogen and oxygen atoms in total. The Morgan fingerprint density at radius 3 is 2.54 bits per heavy atom. The number of carbonyl (C=O) groups excluding carboxylic acids is 3. The average molecular weight is 356 g/mol. The molecule has 2 N–H and O–H groups in total. The molecule has 3 fully saturated rings. The highest BCUT2D eigenvalue weighted by Crippen LogP contribution is 2.39. The number of nitrogens with one attached hydrogen (secondary N) is 2. The van der Waals surface area contributed by atoms with Crippen molar-refractivity contribution in [3.63, 3.8) is 0 Å². The summed E-state index contributed by atoms with van der Waals surface area (Å²) in [4.78, 5) is 40.1. The van der Waals surface area contributed by atoms with E-state index in [1.165, 1.54) is 0 Å². The zero-order chi connectivity index (χ0) is 17.2. The summed E-state index contributed by atoms with van der Waals surface area (Å²) in [5.74, 6) is -0.732. The Bertz CT molecular complexity index is 794. The SMILES string of the molecule is C.O=C1CCC(N2Cc3cc(N4CC5(CNC5)C4)ccc3C2=O)C(=O)N1. The molecule has 0 radical (unpaired) electrons. The van der Waals surface area contributed by atoms with Gasteiger partial charge in [-0.2, -0.15) is 0 Å². The Labute approximate surface area is 152 Å². The number of hydrogen-bond acceptors (Lipinski definition) is 5. The molecule has 4 aliphatic rings. The number of piperidine rings is 1. The molecule has 5 rings (SSSR count). The van der Waals surface area contributed by atoms with Crippen molar-refractivity contribution >= 4 is 23.4 Å². The van der Waals surface area contributed by atoms with Gasteiger partial charge < -0.3 is 15.1 Å². The number of carbonyl (C=O) groups is 3. The number of imide groups is 1. The lowest BCUT2D eigenvalue weighted by Crippen LogP contribution is -2.71. The van der Waals surface area contributed by atoms with Crippen molar-refractivity contribution in [1.29, 1.82) is 0 Å². The summed E-state index contributed by atoms with van der Waals surface area (Å²) in [6.45, 7) is 4.74. The first-order chi connectivity index (χ1) is 12.0. The highest BCUT2D eigenvalue weighted by molar-refractivity contribution is 6.05. The first-order valence-electron chi connectivity index (χ1n) is 8.78. The van der Waals surface area contributed by atoms with Gasteiger partial charge in [0.15, 0.2) is 0 Å². The second-order valence-electron chi connectivity index (χ2n) is 7.70. The van der Waals surface area contributed by atoms with E-state index in [2.05, 4.69) is 21.6 Å². The summed E-state index contributed by atoms with van der Waals surface area (Å²) in [6, 6.07) is 5.42. The Morgan fingerprint density at radius 2 is 1.88 bits per heavy atom. The van der Waals surface area contributed by atoms with Crippen LogP contribution in [0, 0.1) is 5.41 Å². The van der Waals surface area contributed by atoms with Crippen LogP contribution >= 0.6 is 0 Å². The van der Waals surface area contributed by atoms with Crippen molar-refractivity contribution in [3.8, 4) is 0 Å². The van der Waals surface area contributed by atoms with E-state index in [-0.39, 0.29) is 31.6 Å². The average Bonchev–Trinajstić information content (AvgIpc) is 2.81. The van der Waals surface area contributed by atoms with Gasteiger partial charge in [0.2, 0.25) is 11.8 Å². The van der Waals surface area contributed by atoms with Crippen LogP contribution in [0.25, 0.3) is 0 Å². The summed E-state index contributed by atoms with van der Waals surface area (Å²) >= 11 is 0. The maximum atomic E-state index is 12.7. The van der Waals surface area contributed by atoms with Crippen LogP contribution in [-0.4, -0.2) is 54.8 Å². The maximum absolute atomic E-state index is 12.7. The Morgan fingerprint density at radius 1 is 1.12 bits per heavy atom. The second kappa shape index (κ2) is 5.81. The first-order valence-corrected chi connectivity index (χ1v) is 8.78. The van der Waals surface area contributed by atoms with Crippen LogP contribution in [-0.2, 0) is 16.1 Å². The van der Waals surface area contributed by atoms with Crippen LogP contribution in [0.3, 0.4) is 0 Å². The third-order valence-electron chi connectivity index (χ3n) is 5.92. The van der Waals surface area contributed by atoms with E-state index in [4.69, 9.17) is 0 Å². The fourth-order valence-corrected chi connectivity index (χ4v) is 4.41. The van der Waals surface area contributed by atoms with Crippen LogP contribution in [0.1, 0.15) is 36.2 Å². The van der Waals surface area contributed by atoms with Gasteiger partial charge in [-0.15, -0.1) is 0 Å². The molecule has 7 heteroatoms. The fraction of sp³-hybridized carbons (Fsp3) is 0.526. The number of benzene rings is 1.